The lowest BCUT2D eigenvalue weighted by Gasteiger charge is -2.16. The van der Waals surface area contributed by atoms with Crippen molar-refractivity contribution in [3.05, 3.63) is 70.5 Å². The van der Waals surface area contributed by atoms with E-state index >= 15 is 0 Å². The van der Waals surface area contributed by atoms with E-state index in [1.54, 1.807) is 25.1 Å². The van der Waals surface area contributed by atoms with Gasteiger partial charge in [0.1, 0.15) is 5.82 Å². The number of carboxylic acid groups (broad SMARTS) is 1. The maximum absolute atomic E-state index is 13.4. The van der Waals surface area contributed by atoms with Crippen molar-refractivity contribution in [3.63, 3.8) is 0 Å². The van der Waals surface area contributed by atoms with Gasteiger partial charge in [0.2, 0.25) is 0 Å². The van der Waals surface area contributed by atoms with Crippen LogP contribution < -0.4 is 5.32 Å². The van der Waals surface area contributed by atoms with Crippen LogP contribution in [0.2, 0.25) is 0 Å². The summed E-state index contributed by atoms with van der Waals surface area (Å²) in [6.45, 7) is 2.87. The second-order valence-corrected chi connectivity index (χ2v) is 6.44. The lowest BCUT2D eigenvalue weighted by atomic mass is 9.96. The SMILES string of the molecule is Cc1cc(C(NC(=O)c2cccc(C3CCOC3)c2)C(=O)O)ccc1F. The van der Waals surface area contributed by atoms with Crippen molar-refractivity contribution in [2.24, 2.45) is 0 Å². The monoisotopic (exact) mass is 357 g/mol. The molecule has 26 heavy (non-hydrogen) atoms. The number of ether oxygens (including phenoxy) is 1. The van der Waals surface area contributed by atoms with Gasteiger partial charge in [-0.1, -0.05) is 24.3 Å². The largest absolute Gasteiger partial charge is 0.479 e. The van der Waals surface area contributed by atoms with Gasteiger partial charge in [0.05, 0.1) is 6.61 Å². The number of carbonyl (C=O) groups is 2. The van der Waals surface area contributed by atoms with E-state index in [1.807, 2.05) is 6.07 Å². The number of rotatable bonds is 5. The van der Waals surface area contributed by atoms with Gasteiger partial charge in [0.15, 0.2) is 6.04 Å². The topological polar surface area (TPSA) is 75.6 Å². The van der Waals surface area contributed by atoms with E-state index < -0.39 is 23.7 Å². The molecular weight excluding hydrogens is 337 g/mol. The molecule has 0 bridgehead atoms. The van der Waals surface area contributed by atoms with Crippen LogP contribution in [0.5, 0.6) is 0 Å². The summed E-state index contributed by atoms with van der Waals surface area (Å²) in [6, 6.07) is 9.88. The van der Waals surface area contributed by atoms with Crippen LogP contribution in [0.25, 0.3) is 0 Å². The summed E-state index contributed by atoms with van der Waals surface area (Å²) in [6.07, 6.45) is 0.900. The zero-order chi connectivity index (χ0) is 18.7. The highest BCUT2D eigenvalue weighted by atomic mass is 19.1. The summed E-state index contributed by atoms with van der Waals surface area (Å²) in [4.78, 5) is 24.2. The number of carbonyl (C=O) groups excluding carboxylic acids is 1. The Morgan fingerprint density at radius 1 is 1.27 bits per heavy atom. The third-order valence-corrected chi connectivity index (χ3v) is 4.59. The molecule has 5 nitrogen and oxygen atoms in total. The molecule has 6 heteroatoms. The minimum Gasteiger partial charge on any atom is -0.479 e. The lowest BCUT2D eigenvalue weighted by molar-refractivity contribution is -0.139. The first-order valence-electron chi connectivity index (χ1n) is 8.43. The Hall–Kier alpha value is -2.73. The minimum atomic E-state index is -1.25. The molecule has 2 atom stereocenters. The molecular formula is C20H20FNO4. The number of hydrogen-bond acceptors (Lipinski definition) is 3. The van der Waals surface area contributed by atoms with Gasteiger partial charge in [-0.15, -0.1) is 0 Å². The molecule has 2 aromatic carbocycles. The van der Waals surface area contributed by atoms with Gasteiger partial charge in [0, 0.05) is 18.1 Å². The smallest absolute Gasteiger partial charge is 0.330 e. The number of aliphatic carboxylic acids is 1. The van der Waals surface area contributed by atoms with Gasteiger partial charge in [-0.05, 0) is 48.2 Å². The van der Waals surface area contributed by atoms with E-state index in [-0.39, 0.29) is 5.92 Å². The molecule has 1 fully saturated rings. The average molecular weight is 357 g/mol. The predicted molar refractivity (Wildman–Crippen MR) is 93.6 cm³/mol. The summed E-state index contributed by atoms with van der Waals surface area (Å²) in [5.74, 6) is -1.86. The van der Waals surface area contributed by atoms with Crippen LogP contribution in [0.4, 0.5) is 4.39 Å². The maximum Gasteiger partial charge on any atom is 0.330 e. The number of nitrogens with one attached hydrogen (secondary N) is 1. The van der Waals surface area contributed by atoms with Gasteiger partial charge >= 0.3 is 5.97 Å². The van der Waals surface area contributed by atoms with E-state index in [0.29, 0.717) is 29.9 Å². The van der Waals surface area contributed by atoms with Crippen molar-refractivity contribution >= 4 is 11.9 Å². The van der Waals surface area contributed by atoms with Crippen molar-refractivity contribution in [2.75, 3.05) is 13.2 Å². The van der Waals surface area contributed by atoms with Crippen LogP contribution in [0.15, 0.2) is 42.5 Å². The molecule has 2 aromatic rings. The van der Waals surface area contributed by atoms with Crippen LogP contribution in [-0.2, 0) is 9.53 Å². The van der Waals surface area contributed by atoms with Gasteiger partial charge in [-0.25, -0.2) is 9.18 Å². The van der Waals surface area contributed by atoms with Crippen molar-refractivity contribution in [1.29, 1.82) is 0 Å². The Labute approximate surface area is 150 Å². The second kappa shape index (κ2) is 7.66. The van der Waals surface area contributed by atoms with Crippen molar-refractivity contribution in [1.82, 2.24) is 5.32 Å². The molecule has 0 saturated carbocycles. The Balaban J connectivity index is 1.81. The average Bonchev–Trinajstić information content (AvgIpc) is 3.16. The lowest BCUT2D eigenvalue weighted by Crippen LogP contribution is -2.33. The number of aryl methyl sites for hydroxylation is 1. The summed E-state index contributed by atoms with van der Waals surface area (Å²) in [5.41, 5.74) is 2.04. The molecule has 1 amide bonds. The van der Waals surface area contributed by atoms with Gasteiger partial charge in [0.25, 0.3) is 5.91 Å². The molecule has 1 heterocycles. The van der Waals surface area contributed by atoms with Crippen molar-refractivity contribution < 1.29 is 23.8 Å². The summed E-state index contributed by atoms with van der Waals surface area (Å²) in [7, 11) is 0. The third-order valence-electron chi connectivity index (χ3n) is 4.59. The summed E-state index contributed by atoms with van der Waals surface area (Å²) in [5, 5.41) is 12.0. The molecule has 0 aliphatic carbocycles. The van der Waals surface area contributed by atoms with Crippen LogP contribution in [0, 0.1) is 12.7 Å². The van der Waals surface area contributed by atoms with E-state index in [1.165, 1.54) is 18.2 Å². The van der Waals surface area contributed by atoms with Crippen LogP contribution >= 0.6 is 0 Å². The summed E-state index contributed by atoms with van der Waals surface area (Å²) >= 11 is 0. The van der Waals surface area contributed by atoms with E-state index in [9.17, 15) is 19.1 Å². The van der Waals surface area contributed by atoms with Crippen molar-refractivity contribution in [3.8, 4) is 0 Å². The van der Waals surface area contributed by atoms with Crippen LogP contribution in [0.1, 0.15) is 45.4 Å². The van der Waals surface area contributed by atoms with Crippen molar-refractivity contribution in [2.45, 2.75) is 25.3 Å². The van der Waals surface area contributed by atoms with Gasteiger partial charge in [-0.2, -0.15) is 0 Å². The van der Waals surface area contributed by atoms with E-state index in [2.05, 4.69) is 5.32 Å². The molecule has 0 radical (unpaired) electrons. The zero-order valence-corrected chi connectivity index (χ0v) is 14.4. The molecule has 0 spiro atoms. The Morgan fingerprint density at radius 3 is 2.73 bits per heavy atom. The molecule has 0 aromatic heterocycles. The Bertz CT molecular complexity index is 830. The number of benzene rings is 2. The fraction of sp³-hybridized carbons (Fsp3) is 0.300. The minimum absolute atomic E-state index is 0.248. The predicted octanol–water partition coefficient (Wildman–Crippen LogP) is 3.19. The maximum atomic E-state index is 13.4. The number of carboxylic acids is 1. The van der Waals surface area contributed by atoms with E-state index in [4.69, 9.17) is 4.74 Å². The Morgan fingerprint density at radius 2 is 2.08 bits per heavy atom. The van der Waals surface area contributed by atoms with Gasteiger partial charge < -0.3 is 15.2 Å². The van der Waals surface area contributed by atoms with Gasteiger partial charge in [-0.3, -0.25) is 4.79 Å². The standard InChI is InChI=1S/C20H20FNO4/c1-12-9-14(5-6-17(12)21)18(20(24)25)22-19(23)15-4-2-3-13(10-15)16-7-8-26-11-16/h2-6,9-10,16,18H,7-8,11H2,1H3,(H,22,23)(H,24,25). The van der Waals surface area contributed by atoms with Crippen LogP contribution in [-0.4, -0.2) is 30.2 Å². The molecule has 1 aliphatic heterocycles. The fourth-order valence-electron chi connectivity index (χ4n) is 3.08. The van der Waals surface area contributed by atoms with Crippen LogP contribution in [0.3, 0.4) is 0 Å². The highest BCUT2D eigenvalue weighted by molar-refractivity contribution is 5.97. The highest BCUT2D eigenvalue weighted by Crippen LogP contribution is 2.26. The number of hydrogen-bond donors (Lipinski definition) is 2. The second-order valence-electron chi connectivity index (χ2n) is 6.44. The molecule has 3 rings (SSSR count). The first-order chi connectivity index (χ1) is 12.5. The molecule has 1 saturated heterocycles. The highest BCUT2D eigenvalue weighted by Gasteiger charge is 2.24. The first-order valence-corrected chi connectivity index (χ1v) is 8.43. The number of amides is 1. The van der Waals surface area contributed by atoms with E-state index in [0.717, 1.165) is 12.0 Å². The molecule has 2 N–H and O–H groups in total. The molecule has 1 aliphatic rings. The zero-order valence-electron chi connectivity index (χ0n) is 14.4. The quantitative estimate of drug-likeness (QED) is 0.862. The number of halogens is 1. The normalized spacial score (nSPS) is 17.7. The molecule has 2 unspecified atom stereocenters. The fourth-order valence-corrected chi connectivity index (χ4v) is 3.08. The molecule has 136 valence electrons. The third kappa shape index (κ3) is 3.91. The first kappa shape index (κ1) is 18.1. The Kier molecular flexibility index (Phi) is 5.32. The summed E-state index contributed by atoms with van der Waals surface area (Å²) < 4.78 is 18.8.